The first-order valence-electron chi connectivity index (χ1n) is 5.14. The van der Waals surface area contributed by atoms with E-state index in [-0.39, 0.29) is 6.04 Å². The van der Waals surface area contributed by atoms with E-state index in [0.29, 0.717) is 0 Å². The first-order chi connectivity index (χ1) is 7.31. The van der Waals surface area contributed by atoms with Crippen LogP contribution in [-0.2, 0) is 0 Å². The maximum atomic E-state index is 5.60. The summed E-state index contributed by atoms with van der Waals surface area (Å²) in [7, 11) is 0. The molecular weight excluding hydrogens is 190 g/mol. The number of furan rings is 2. The van der Waals surface area contributed by atoms with Gasteiger partial charge in [0.1, 0.15) is 23.3 Å². The van der Waals surface area contributed by atoms with Gasteiger partial charge >= 0.3 is 0 Å². The molecule has 15 heavy (non-hydrogen) atoms. The fourth-order valence-electron chi connectivity index (χ4n) is 1.61. The molecule has 2 aromatic heterocycles. The SMILES string of the molecule is CCNC(c1ccco1)c1ccc(C)o1. The van der Waals surface area contributed by atoms with Gasteiger partial charge in [-0.05, 0) is 37.7 Å². The predicted octanol–water partition coefficient (Wildman–Crippen LogP) is 2.88. The minimum Gasteiger partial charge on any atom is -0.467 e. The van der Waals surface area contributed by atoms with Crippen molar-refractivity contribution >= 4 is 0 Å². The second-order valence-corrected chi connectivity index (χ2v) is 3.45. The Morgan fingerprint density at radius 1 is 1.27 bits per heavy atom. The van der Waals surface area contributed by atoms with Gasteiger partial charge in [0, 0.05) is 0 Å². The first kappa shape index (κ1) is 10.1. The predicted molar refractivity (Wildman–Crippen MR) is 57.7 cm³/mol. The molecule has 0 aliphatic rings. The Kier molecular flexibility index (Phi) is 2.92. The van der Waals surface area contributed by atoms with Crippen LogP contribution in [0.5, 0.6) is 0 Å². The number of hydrogen-bond donors (Lipinski definition) is 1. The quantitative estimate of drug-likeness (QED) is 0.834. The summed E-state index contributed by atoms with van der Waals surface area (Å²) in [5.41, 5.74) is 0. The second kappa shape index (κ2) is 4.36. The topological polar surface area (TPSA) is 38.3 Å². The van der Waals surface area contributed by atoms with E-state index in [1.54, 1.807) is 6.26 Å². The maximum Gasteiger partial charge on any atom is 0.128 e. The largest absolute Gasteiger partial charge is 0.467 e. The van der Waals surface area contributed by atoms with Gasteiger partial charge in [-0.25, -0.2) is 0 Å². The van der Waals surface area contributed by atoms with Crippen LogP contribution in [0.3, 0.4) is 0 Å². The number of rotatable bonds is 4. The zero-order chi connectivity index (χ0) is 10.7. The Morgan fingerprint density at radius 2 is 2.13 bits per heavy atom. The number of aryl methyl sites for hydroxylation is 1. The van der Waals surface area contributed by atoms with Crippen molar-refractivity contribution < 1.29 is 8.83 Å². The van der Waals surface area contributed by atoms with Crippen molar-refractivity contribution in [3.63, 3.8) is 0 Å². The summed E-state index contributed by atoms with van der Waals surface area (Å²) < 4.78 is 11.0. The molecule has 0 radical (unpaired) electrons. The van der Waals surface area contributed by atoms with Gasteiger partial charge in [0.05, 0.1) is 6.26 Å². The molecule has 0 spiro atoms. The molecule has 3 heteroatoms. The lowest BCUT2D eigenvalue weighted by Crippen LogP contribution is -2.20. The molecule has 0 aliphatic heterocycles. The van der Waals surface area contributed by atoms with Crippen LogP contribution in [0.15, 0.2) is 39.4 Å². The standard InChI is InChI=1S/C12H15NO2/c1-3-13-12(10-5-4-8-14-10)11-7-6-9(2)15-11/h4-8,12-13H,3H2,1-2H3. The normalized spacial score (nSPS) is 12.9. The van der Waals surface area contributed by atoms with Gasteiger partial charge in [0.15, 0.2) is 0 Å². The monoisotopic (exact) mass is 205 g/mol. The Labute approximate surface area is 89.1 Å². The Hall–Kier alpha value is -1.48. The molecule has 0 amide bonds. The molecule has 0 aromatic carbocycles. The van der Waals surface area contributed by atoms with Crippen molar-refractivity contribution in [3.05, 3.63) is 47.8 Å². The molecule has 1 atom stereocenters. The Bertz CT molecular complexity index is 403. The Morgan fingerprint density at radius 3 is 2.67 bits per heavy atom. The molecule has 2 heterocycles. The van der Waals surface area contributed by atoms with E-state index in [1.165, 1.54) is 0 Å². The highest BCUT2D eigenvalue weighted by Crippen LogP contribution is 2.23. The highest BCUT2D eigenvalue weighted by atomic mass is 16.4. The van der Waals surface area contributed by atoms with Gasteiger partial charge in [-0.2, -0.15) is 0 Å². The summed E-state index contributed by atoms with van der Waals surface area (Å²) in [4.78, 5) is 0. The van der Waals surface area contributed by atoms with E-state index < -0.39 is 0 Å². The summed E-state index contributed by atoms with van der Waals surface area (Å²) >= 11 is 0. The van der Waals surface area contributed by atoms with Crippen LogP contribution in [0.25, 0.3) is 0 Å². The molecule has 1 unspecified atom stereocenters. The van der Waals surface area contributed by atoms with E-state index in [0.717, 1.165) is 23.8 Å². The molecule has 0 bridgehead atoms. The van der Waals surface area contributed by atoms with Crippen LogP contribution in [-0.4, -0.2) is 6.54 Å². The molecule has 0 saturated heterocycles. The van der Waals surface area contributed by atoms with Crippen molar-refractivity contribution in [1.82, 2.24) is 5.32 Å². The van der Waals surface area contributed by atoms with Crippen LogP contribution >= 0.6 is 0 Å². The highest BCUT2D eigenvalue weighted by molar-refractivity contribution is 5.19. The summed E-state index contributed by atoms with van der Waals surface area (Å²) in [5.74, 6) is 2.69. The van der Waals surface area contributed by atoms with Crippen LogP contribution in [0.2, 0.25) is 0 Å². The van der Waals surface area contributed by atoms with Gasteiger partial charge in [0.2, 0.25) is 0 Å². The average molecular weight is 205 g/mol. The molecule has 2 rings (SSSR count). The van der Waals surface area contributed by atoms with E-state index in [2.05, 4.69) is 12.2 Å². The minimum atomic E-state index is 0.0127. The lowest BCUT2D eigenvalue weighted by Gasteiger charge is -2.12. The molecule has 3 nitrogen and oxygen atoms in total. The molecular formula is C12H15NO2. The summed E-state index contributed by atoms with van der Waals surface area (Å²) in [6, 6.07) is 7.78. The van der Waals surface area contributed by atoms with Crippen molar-refractivity contribution in [1.29, 1.82) is 0 Å². The fraction of sp³-hybridized carbons (Fsp3) is 0.333. The number of nitrogens with one attached hydrogen (secondary N) is 1. The van der Waals surface area contributed by atoms with E-state index in [9.17, 15) is 0 Å². The van der Waals surface area contributed by atoms with Crippen molar-refractivity contribution in [2.75, 3.05) is 6.54 Å². The molecule has 1 N–H and O–H groups in total. The molecule has 0 aliphatic carbocycles. The fourth-order valence-corrected chi connectivity index (χ4v) is 1.61. The summed E-state index contributed by atoms with van der Waals surface area (Å²) in [6.07, 6.45) is 1.68. The second-order valence-electron chi connectivity index (χ2n) is 3.45. The zero-order valence-corrected chi connectivity index (χ0v) is 8.99. The number of hydrogen-bond acceptors (Lipinski definition) is 3. The van der Waals surface area contributed by atoms with E-state index >= 15 is 0 Å². The van der Waals surface area contributed by atoms with Crippen LogP contribution in [0.4, 0.5) is 0 Å². The van der Waals surface area contributed by atoms with Crippen LogP contribution < -0.4 is 5.32 Å². The van der Waals surface area contributed by atoms with Crippen molar-refractivity contribution in [2.45, 2.75) is 19.9 Å². The average Bonchev–Trinajstić information content (AvgIpc) is 2.85. The van der Waals surface area contributed by atoms with Crippen LogP contribution in [0.1, 0.15) is 30.2 Å². The summed E-state index contributed by atoms with van der Waals surface area (Å²) in [5, 5.41) is 3.33. The third-order valence-corrected chi connectivity index (χ3v) is 2.28. The maximum absolute atomic E-state index is 5.60. The van der Waals surface area contributed by atoms with Gasteiger partial charge in [0.25, 0.3) is 0 Å². The third kappa shape index (κ3) is 2.13. The molecule has 2 aromatic rings. The van der Waals surface area contributed by atoms with E-state index in [4.69, 9.17) is 8.83 Å². The molecule has 80 valence electrons. The van der Waals surface area contributed by atoms with Crippen LogP contribution in [0, 0.1) is 6.92 Å². The lowest BCUT2D eigenvalue weighted by molar-refractivity contribution is 0.385. The summed E-state index contributed by atoms with van der Waals surface area (Å²) in [6.45, 7) is 4.87. The Balaban J connectivity index is 2.27. The van der Waals surface area contributed by atoms with E-state index in [1.807, 2.05) is 31.2 Å². The van der Waals surface area contributed by atoms with Crippen molar-refractivity contribution in [2.24, 2.45) is 0 Å². The minimum absolute atomic E-state index is 0.0127. The zero-order valence-electron chi connectivity index (χ0n) is 8.99. The molecule has 0 fully saturated rings. The van der Waals surface area contributed by atoms with Gasteiger partial charge in [-0.1, -0.05) is 6.92 Å². The first-order valence-corrected chi connectivity index (χ1v) is 5.14. The van der Waals surface area contributed by atoms with Crippen molar-refractivity contribution in [3.8, 4) is 0 Å². The van der Waals surface area contributed by atoms with Gasteiger partial charge < -0.3 is 14.2 Å². The van der Waals surface area contributed by atoms with Gasteiger partial charge in [-0.15, -0.1) is 0 Å². The smallest absolute Gasteiger partial charge is 0.128 e. The third-order valence-electron chi connectivity index (χ3n) is 2.28. The van der Waals surface area contributed by atoms with Gasteiger partial charge in [-0.3, -0.25) is 0 Å². The lowest BCUT2D eigenvalue weighted by atomic mass is 10.1. The molecule has 0 saturated carbocycles. The highest BCUT2D eigenvalue weighted by Gasteiger charge is 2.18.